The van der Waals surface area contributed by atoms with Crippen molar-refractivity contribution in [1.29, 1.82) is 5.26 Å². The standard InChI is InChI=1S/C14H10N4O/c1-9-6-11(19)2-3-12(9)14-17-16-13-7-10(8-15)4-5-18(13)14/h2-7,19H,1H3. The van der Waals surface area contributed by atoms with E-state index in [1.165, 1.54) is 0 Å². The summed E-state index contributed by atoms with van der Waals surface area (Å²) in [5.41, 5.74) is 2.99. The third-order valence-corrected chi connectivity index (χ3v) is 2.99. The normalized spacial score (nSPS) is 10.5. The molecule has 0 saturated carbocycles. The second-order valence-electron chi connectivity index (χ2n) is 4.28. The molecule has 0 aliphatic rings. The van der Waals surface area contributed by atoms with E-state index < -0.39 is 0 Å². The van der Waals surface area contributed by atoms with Crippen LogP contribution in [-0.4, -0.2) is 19.7 Å². The smallest absolute Gasteiger partial charge is 0.168 e. The molecule has 0 unspecified atom stereocenters. The van der Waals surface area contributed by atoms with Crippen LogP contribution < -0.4 is 0 Å². The van der Waals surface area contributed by atoms with E-state index >= 15 is 0 Å². The van der Waals surface area contributed by atoms with Gasteiger partial charge in [-0.25, -0.2) is 0 Å². The van der Waals surface area contributed by atoms with E-state index in [-0.39, 0.29) is 5.75 Å². The number of phenols is 1. The van der Waals surface area contributed by atoms with E-state index in [1.54, 1.807) is 36.5 Å². The van der Waals surface area contributed by atoms with Crippen LogP contribution >= 0.6 is 0 Å². The monoisotopic (exact) mass is 250 g/mol. The van der Waals surface area contributed by atoms with Crippen LogP contribution in [0.5, 0.6) is 5.75 Å². The predicted octanol–water partition coefficient (Wildman–Crippen LogP) is 2.28. The van der Waals surface area contributed by atoms with E-state index in [2.05, 4.69) is 16.3 Å². The van der Waals surface area contributed by atoms with Crippen molar-refractivity contribution in [2.45, 2.75) is 6.92 Å². The predicted molar refractivity (Wildman–Crippen MR) is 69.5 cm³/mol. The van der Waals surface area contributed by atoms with Crippen molar-refractivity contribution < 1.29 is 5.11 Å². The second-order valence-corrected chi connectivity index (χ2v) is 4.28. The van der Waals surface area contributed by atoms with Crippen LogP contribution in [0.1, 0.15) is 11.1 Å². The molecule has 0 fully saturated rings. The third-order valence-electron chi connectivity index (χ3n) is 2.99. The first-order chi connectivity index (χ1) is 9.19. The molecule has 92 valence electrons. The molecule has 2 heterocycles. The maximum Gasteiger partial charge on any atom is 0.168 e. The van der Waals surface area contributed by atoms with Crippen LogP contribution in [0.25, 0.3) is 17.0 Å². The molecule has 0 aliphatic carbocycles. The Balaban J connectivity index is 2.23. The molecule has 0 bridgehead atoms. The Bertz CT molecular complexity index is 814. The minimum absolute atomic E-state index is 0.224. The number of aryl methyl sites for hydroxylation is 1. The molecule has 0 spiro atoms. The van der Waals surface area contributed by atoms with Gasteiger partial charge in [0.05, 0.1) is 11.6 Å². The number of nitriles is 1. The lowest BCUT2D eigenvalue weighted by Crippen LogP contribution is -1.92. The summed E-state index contributed by atoms with van der Waals surface area (Å²) >= 11 is 0. The third kappa shape index (κ3) is 1.79. The quantitative estimate of drug-likeness (QED) is 0.719. The Labute approximate surface area is 109 Å². The van der Waals surface area contributed by atoms with E-state index in [0.717, 1.165) is 11.1 Å². The fourth-order valence-corrected chi connectivity index (χ4v) is 2.04. The SMILES string of the molecule is Cc1cc(O)ccc1-c1nnc2cc(C#N)ccn12. The minimum atomic E-state index is 0.224. The molecule has 0 radical (unpaired) electrons. The van der Waals surface area contributed by atoms with Crippen molar-refractivity contribution in [3.05, 3.63) is 47.7 Å². The summed E-state index contributed by atoms with van der Waals surface area (Å²) in [6.07, 6.45) is 1.77. The molecular formula is C14H10N4O. The molecule has 0 saturated heterocycles. The number of benzene rings is 1. The summed E-state index contributed by atoms with van der Waals surface area (Å²) in [7, 11) is 0. The first kappa shape index (κ1) is 11.2. The number of aromatic hydroxyl groups is 1. The lowest BCUT2D eigenvalue weighted by atomic mass is 10.1. The largest absolute Gasteiger partial charge is 0.508 e. The van der Waals surface area contributed by atoms with Gasteiger partial charge in [-0.15, -0.1) is 10.2 Å². The molecule has 3 aromatic rings. The maximum absolute atomic E-state index is 9.44. The average molecular weight is 250 g/mol. The second kappa shape index (κ2) is 4.10. The number of fused-ring (bicyclic) bond motifs is 1. The van der Waals surface area contributed by atoms with Gasteiger partial charge in [0.1, 0.15) is 5.75 Å². The molecule has 5 nitrogen and oxygen atoms in total. The molecule has 1 N–H and O–H groups in total. The van der Waals surface area contributed by atoms with Gasteiger partial charge in [-0.05, 0) is 36.8 Å². The summed E-state index contributed by atoms with van der Waals surface area (Å²) in [6, 6.07) is 10.6. The number of aromatic nitrogens is 3. The van der Waals surface area contributed by atoms with E-state index in [9.17, 15) is 5.11 Å². The maximum atomic E-state index is 9.44. The molecule has 19 heavy (non-hydrogen) atoms. The van der Waals surface area contributed by atoms with Crippen molar-refractivity contribution in [3.63, 3.8) is 0 Å². The zero-order chi connectivity index (χ0) is 13.4. The topological polar surface area (TPSA) is 74.2 Å². The van der Waals surface area contributed by atoms with Crippen molar-refractivity contribution in [2.24, 2.45) is 0 Å². The van der Waals surface area contributed by atoms with Crippen LogP contribution in [0.4, 0.5) is 0 Å². The molecular weight excluding hydrogens is 240 g/mol. The van der Waals surface area contributed by atoms with Gasteiger partial charge in [-0.2, -0.15) is 5.26 Å². The van der Waals surface area contributed by atoms with Crippen LogP contribution in [0.3, 0.4) is 0 Å². The minimum Gasteiger partial charge on any atom is -0.508 e. The van der Waals surface area contributed by atoms with Gasteiger partial charge in [-0.3, -0.25) is 4.40 Å². The average Bonchev–Trinajstić information content (AvgIpc) is 2.81. The van der Waals surface area contributed by atoms with Gasteiger partial charge < -0.3 is 5.11 Å². The van der Waals surface area contributed by atoms with Crippen LogP contribution in [0.2, 0.25) is 0 Å². The lowest BCUT2D eigenvalue weighted by Gasteiger charge is -2.04. The van der Waals surface area contributed by atoms with Crippen LogP contribution in [-0.2, 0) is 0 Å². The number of nitrogens with zero attached hydrogens (tertiary/aromatic N) is 4. The fourth-order valence-electron chi connectivity index (χ4n) is 2.04. The number of hydrogen-bond acceptors (Lipinski definition) is 4. The van der Waals surface area contributed by atoms with Gasteiger partial charge in [0, 0.05) is 17.8 Å². The van der Waals surface area contributed by atoms with Crippen molar-refractivity contribution in [2.75, 3.05) is 0 Å². The number of rotatable bonds is 1. The van der Waals surface area contributed by atoms with E-state index in [1.807, 2.05) is 11.3 Å². The van der Waals surface area contributed by atoms with Crippen molar-refractivity contribution in [3.8, 4) is 23.2 Å². The van der Waals surface area contributed by atoms with Crippen molar-refractivity contribution in [1.82, 2.24) is 14.6 Å². The summed E-state index contributed by atoms with van der Waals surface area (Å²) in [6.45, 7) is 1.90. The van der Waals surface area contributed by atoms with Gasteiger partial charge in [0.2, 0.25) is 0 Å². The van der Waals surface area contributed by atoms with Gasteiger partial charge in [0.25, 0.3) is 0 Å². The summed E-state index contributed by atoms with van der Waals surface area (Å²) < 4.78 is 1.82. The Morgan fingerprint density at radius 2 is 2.05 bits per heavy atom. The Morgan fingerprint density at radius 1 is 1.21 bits per heavy atom. The molecule has 0 aliphatic heterocycles. The van der Waals surface area contributed by atoms with E-state index in [4.69, 9.17) is 5.26 Å². The molecule has 3 rings (SSSR count). The number of hydrogen-bond donors (Lipinski definition) is 1. The molecule has 5 heteroatoms. The van der Waals surface area contributed by atoms with Gasteiger partial charge in [0.15, 0.2) is 11.5 Å². The van der Waals surface area contributed by atoms with Crippen LogP contribution in [0.15, 0.2) is 36.5 Å². The molecule has 1 aromatic carbocycles. The summed E-state index contributed by atoms with van der Waals surface area (Å²) in [5.74, 6) is 0.916. The summed E-state index contributed by atoms with van der Waals surface area (Å²) in [5, 5.41) is 26.5. The van der Waals surface area contributed by atoms with Gasteiger partial charge in [-0.1, -0.05) is 0 Å². The zero-order valence-electron chi connectivity index (χ0n) is 10.2. The Morgan fingerprint density at radius 3 is 2.79 bits per heavy atom. The Kier molecular flexibility index (Phi) is 2.43. The summed E-state index contributed by atoms with van der Waals surface area (Å²) in [4.78, 5) is 0. The highest BCUT2D eigenvalue weighted by molar-refractivity contribution is 5.64. The van der Waals surface area contributed by atoms with Crippen LogP contribution in [0, 0.1) is 18.3 Å². The number of pyridine rings is 1. The molecule has 0 atom stereocenters. The highest BCUT2D eigenvalue weighted by Crippen LogP contribution is 2.25. The van der Waals surface area contributed by atoms with Gasteiger partial charge >= 0.3 is 0 Å². The zero-order valence-corrected chi connectivity index (χ0v) is 10.2. The Hall–Kier alpha value is -2.87. The van der Waals surface area contributed by atoms with Crippen molar-refractivity contribution >= 4 is 5.65 Å². The lowest BCUT2D eigenvalue weighted by molar-refractivity contribution is 0.475. The molecule has 2 aromatic heterocycles. The highest BCUT2D eigenvalue weighted by atomic mass is 16.3. The fraction of sp³-hybridized carbons (Fsp3) is 0.0714. The first-order valence-electron chi connectivity index (χ1n) is 5.74. The molecule has 0 amide bonds. The number of phenolic OH excluding ortho intramolecular Hbond substituents is 1. The first-order valence-corrected chi connectivity index (χ1v) is 5.74. The van der Waals surface area contributed by atoms with E-state index in [0.29, 0.717) is 17.0 Å². The highest BCUT2D eigenvalue weighted by Gasteiger charge is 2.11.